The van der Waals surface area contributed by atoms with Gasteiger partial charge in [-0.1, -0.05) is 119 Å². The summed E-state index contributed by atoms with van der Waals surface area (Å²) < 4.78 is 7.63. The lowest BCUT2D eigenvalue weighted by Gasteiger charge is -2.47. The van der Waals surface area contributed by atoms with Crippen LogP contribution in [0.2, 0.25) is 5.04 Å². The van der Waals surface area contributed by atoms with Crippen LogP contribution in [0.1, 0.15) is 73.6 Å². The van der Waals surface area contributed by atoms with Gasteiger partial charge in [0.1, 0.15) is 0 Å². The van der Waals surface area contributed by atoms with E-state index in [0.717, 1.165) is 32.1 Å². The summed E-state index contributed by atoms with van der Waals surface area (Å²) >= 11 is 0. The molecule has 0 heterocycles. The van der Waals surface area contributed by atoms with Gasteiger partial charge in [-0.3, -0.25) is 0 Å². The normalized spacial score (nSPS) is 21.7. The first kappa shape index (κ1) is 31.3. The van der Waals surface area contributed by atoms with Gasteiger partial charge < -0.3 is 9.53 Å². The van der Waals surface area contributed by atoms with Gasteiger partial charge >= 0.3 is 0 Å². The first-order valence-electron chi connectivity index (χ1n) is 14.9. The summed E-state index contributed by atoms with van der Waals surface area (Å²) in [6.45, 7) is 22.1. The van der Waals surface area contributed by atoms with E-state index in [1.165, 1.54) is 15.9 Å². The molecule has 2 aromatic rings. The first-order chi connectivity index (χ1) is 18.5. The van der Waals surface area contributed by atoms with Gasteiger partial charge in [0, 0.05) is 6.10 Å². The van der Waals surface area contributed by atoms with Gasteiger partial charge in [0.05, 0.1) is 6.10 Å². The van der Waals surface area contributed by atoms with E-state index in [1.807, 2.05) is 6.08 Å². The molecule has 0 saturated carbocycles. The fourth-order valence-electron chi connectivity index (χ4n) is 6.91. The predicted octanol–water partition coefficient (Wildman–Crippen LogP) is 8.08. The van der Waals surface area contributed by atoms with Crippen molar-refractivity contribution in [2.24, 2.45) is 23.7 Å². The van der Waals surface area contributed by atoms with Gasteiger partial charge in [-0.2, -0.15) is 0 Å². The van der Waals surface area contributed by atoms with E-state index >= 15 is 0 Å². The molecular weight excluding hydrogens is 492 g/mol. The van der Waals surface area contributed by atoms with Crippen molar-refractivity contribution in [3.63, 3.8) is 0 Å². The summed E-state index contributed by atoms with van der Waals surface area (Å²) in [5.74, 6) is 2.14. The van der Waals surface area contributed by atoms with Crippen molar-refractivity contribution >= 4 is 18.7 Å². The Balaban J connectivity index is 2.07. The monoisotopic (exact) mass is 544 g/mol. The minimum atomic E-state index is -2.68. The van der Waals surface area contributed by atoms with Crippen LogP contribution < -0.4 is 10.4 Å². The van der Waals surface area contributed by atoms with E-state index in [1.54, 1.807) is 6.08 Å². The van der Waals surface area contributed by atoms with Crippen molar-refractivity contribution in [3.8, 4) is 0 Å². The van der Waals surface area contributed by atoms with Gasteiger partial charge in [-0.25, -0.2) is 0 Å². The van der Waals surface area contributed by atoms with E-state index in [0.29, 0.717) is 23.7 Å². The largest absolute Gasteiger partial charge is 0.404 e. The Bertz CT molecular complexity index is 1030. The number of benzene rings is 2. The maximum Gasteiger partial charge on any atom is 0.261 e. The molecule has 0 aliphatic heterocycles. The van der Waals surface area contributed by atoms with Crippen molar-refractivity contribution in [1.82, 2.24) is 0 Å². The van der Waals surface area contributed by atoms with Gasteiger partial charge in [0.25, 0.3) is 8.32 Å². The Labute approximate surface area is 240 Å². The fourth-order valence-corrected chi connectivity index (χ4v) is 11.6. The molecule has 0 fully saturated rings. The molecule has 2 nitrogen and oxygen atoms in total. The second-order valence-corrected chi connectivity index (χ2v) is 17.2. The van der Waals surface area contributed by atoms with Crippen LogP contribution in [-0.2, 0) is 4.43 Å². The summed E-state index contributed by atoms with van der Waals surface area (Å²) in [6.07, 6.45) is 10.5. The van der Waals surface area contributed by atoms with E-state index in [2.05, 4.69) is 121 Å². The molecule has 3 rings (SSSR count). The molecule has 1 N–H and O–H groups in total. The summed E-state index contributed by atoms with van der Waals surface area (Å²) in [6, 6.07) is 21.9. The molecule has 1 aliphatic rings. The van der Waals surface area contributed by atoms with E-state index in [9.17, 15) is 5.11 Å². The fraction of sp³-hybridized carbons (Fsp3) is 0.500. The first-order valence-corrected chi connectivity index (χ1v) is 16.8. The van der Waals surface area contributed by atoms with E-state index < -0.39 is 14.4 Å². The number of rotatable bonds is 13. The highest BCUT2D eigenvalue weighted by molar-refractivity contribution is 6.99. The summed E-state index contributed by atoms with van der Waals surface area (Å²) in [4.78, 5) is 0. The Morgan fingerprint density at radius 1 is 1.00 bits per heavy atom. The highest BCUT2D eigenvalue weighted by Crippen LogP contribution is 2.45. The van der Waals surface area contributed by atoms with Gasteiger partial charge in [-0.15, -0.1) is 13.2 Å². The Hall–Kier alpha value is -2.20. The Kier molecular flexibility index (Phi) is 11.2. The zero-order valence-electron chi connectivity index (χ0n) is 25.3. The van der Waals surface area contributed by atoms with Crippen molar-refractivity contribution in [2.45, 2.75) is 90.9 Å². The average Bonchev–Trinajstić information content (AvgIpc) is 2.91. The molecule has 2 aromatic carbocycles. The maximum atomic E-state index is 10.4. The smallest absolute Gasteiger partial charge is 0.261 e. The molecular formula is C36H52O2Si. The molecule has 0 saturated heterocycles. The van der Waals surface area contributed by atoms with Crippen molar-refractivity contribution in [1.29, 1.82) is 0 Å². The zero-order valence-corrected chi connectivity index (χ0v) is 26.3. The van der Waals surface area contributed by atoms with Crippen LogP contribution in [0.5, 0.6) is 0 Å². The predicted molar refractivity (Wildman–Crippen MR) is 171 cm³/mol. The third kappa shape index (κ3) is 7.31. The number of allylic oxidation sites excluding steroid dienone is 2. The van der Waals surface area contributed by atoms with Crippen LogP contribution in [0, 0.1) is 23.7 Å². The topological polar surface area (TPSA) is 29.5 Å². The molecule has 5 atom stereocenters. The standard InChI is InChI=1S/C36H52O2Si/c1-9-17-30(26-35-28(5)22-24-33(27(3)4)34(35)25-23-29(37)10-2)38-39(36(6,7)8,31-18-13-11-14-19-31)32-20-15-12-16-21-32/h9-16,18-22,27,29-30,33-35,37H,1-2,17,23-26H2,3-8H3/t29-,30+,33+,34-,35-/m1/s1. The molecule has 0 unspecified atom stereocenters. The lowest BCUT2D eigenvalue weighted by atomic mass is 9.65. The maximum absolute atomic E-state index is 10.4. The SMILES string of the molecule is C=CC[C@@H](C[C@@H]1C(C)=CC[C@@H](C(C)C)[C@H]1CC[C@H](O)C=C)O[Si](c1ccccc1)(c1ccccc1)C(C)(C)C. The average molecular weight is 545 g/mol. The van der Waals surface area contributed by atoms with E-state index in [4.69, 9.17) is 4.43 Å². The molecule has 0 spiro atoms. The number of aliphatic hydroxyl groups is 1. The van der Waals surface area contributed by atoms with Gasteiger partial charge in [-0.05, 0) is 78.1 Å². The third-order valence-electron chi connectivity index (χ3n) is 8.99. The van der Waals surface area contributed by atoms with Gasteiger partial charge in [0.15, 0.2) is 0 Å². The highest BCUT2D eigenvalue weighted by atomic mass is 28.4. The van der Waals surface area contributed by atoms with Crippen LogP contribution >= 0.6 is 0 Å². The van der Waals surface area contributed by atoms with Crippen molar-refractivity contribution < 1.29 is 9.53 Å². The lowest BCUT2D eigenvalue weighted by Crippen LogP contribution is -2.67. The number of aliphatic hydroxyl groups excluding tert-OH is 1. The van der Waals surface area contributed by atoms with Crippen LogP contribution in [0.25, 0.3) is 0 Å². The van der Waals surface area contributed by atoms with Crippen LogP contribution in [0.15, 0.2) is 97.6 Å². The minimum absolute atomic E-state index is 0.0555. The third-order valence-corrected chi connectivity index (χ3v) is 14.1. The summed E-state index contributed by atoms with van der Waals surface area (Å²) in [7, 11) is -2.68. The Morgan fingerprint density at radius 3 is 2.03 bits per heavy atom. The molecule has 0 bridgehead atoms. The second kappa shape index (κ2) is 13.9. The molecule has 0 radical (unpaired) electrons. The molecule has 39 heavy (non-hydrogen) atoms. The van der Waals surface area contributed by atoms with Crippen LogP contribution in [-0.4, -0.2) is 25.6 Å². The Morgan fingerprint density at radius 2 is 1.56 bits per heavy atom. The highest BCUT2D eigenvalue weighted by Gasteiger charge is 2.51. The summed E-state index contributed by atoms with van der Waals surface area (Å²) in [5.41, 5.74) is 1.48. The van der Waals surface area contributed by atoms with Gasteiger partial charge in [0.2, 0.25) is 0 Å². The summed E-state index contributed by atoms with van der Waals surface area (Å²) in [5, 5.41) is 12.9. The number of hydrogen-bond donors (Lipinski definition) is 1. The molecule has 0 amide bonds. The molecule has 0 aromatic heterocycles. The zero-order chi connectivity index (χ0) is 28.6. The van der Waals surface area contributed by atoms with Crippen LogP contribution in [0.3, 0.4) is 0 Å². The molecule has 3 heteroatoms. The number of hydrogen-bond acceptors (Lipinski definition) is 2. The minimum Gasteiger partial charge on any atom is -0.404 e. The quantitative estimate of drug-likeness (QED) is 0.204. The second-order valence-electron chi connectivity index (χ2n) is 12.9. The molecule has 1 aliphatic carbocycles. The van der Waals surface area contributed by atoms with E-state index in [-0.39, 0.29) is 11.1 Å². The molecule has 212 valence electrons. The lowest BCUT2D eigenvalue weighted by molar-refractivity contribution is 0.0963. The van der Waals surface area contributed by atoms with Crippen molar-refractivity contribution in [2.75, 3.05) is 0 Å². The van der Waals surface area contributed by atoms with Crippen LogP contribution in [0.4, 0.5) is 0 Å². The van der Waals surface area contributed by atoms with Crippen molar-refractivity contribution in [3.05, 3.63) is 97.6 Å².